The molecule has 0 spiro atoms. The van der Waals surface area contributed by atoms with Gasteiger partial charge < -0.3 is 5.32 Å². The van der Waals surface area contributed by atoms with Crippen molar-refractivity contribution < 1.29 is 0 Å². The average Bonchev–Trinajstić information content (AvgIpc) is 2.90. The number of hydrogen-bond donors (Lipinski definition) is 1. The number of thiazole rings is 2. The Morgan fingerprint density at radius 3 is 2.74 bits per heavy atom. The van der Waals surface area contributed by atoms with Crippen LogP contribution in [0.4, 0.5) is 0 Å². The summed E-state index contributed by atoms with van der Waals surface area (Å²) in [5.41, 5.74) is 4.36. The number of nitrogens with one attached hydrogen (secondary N) is 1. The van der Waals surface area contributed by atoms with Gasteiger partial charge >= 0.3 is 0 Å². The second kappa shape index (κ2) is 4.96. The highest BCUT2D eigenvalue weighted by Gasteiger charge is 2.30. The van der Waals surface area contributed by atoms with Gasteiger partial charge in [-0.25, -0.2) is 9.97 Å². The highest BCUT2D eigenvalue weighted by atomic mass is 32.1. The van der Waals surface area contributed by atoms with E-state index in [0.29, 0.717) is 5.92 Å². The summed E-state index contributed by atoms with van der Waals surface area (Å²) in [6, 6.07) is 0. The molecule has 1 N–H and O–H groups in total. The molecule has 2 aromatic heterocycles. The van der Waals surface area contributed by atoms with Crippen molar-refractivity contribution in [1.29, 1.82) is 0 Å². The number of hydrogen-bond acceptors (Lipinski definition) is 5. The number of aromatic nitrogens is 2. The minimum atomic E-state index is 0.144. The molecule has 0 aromatic carbocycles. The maximum atomic E-state index is 4.84. The minimum Gasteiger partial charge on any atom is -0.307 e. The van der Waals surface area contributed by atoms with Crippen LogP contribution in [-0.2, 0) is 6.54 Å². The zero-order valence-corrected chi connectivity index (χ0v) is 13.2. The molecule has 1 saturated carbocycles. The molecule has 2 heterocycles. The molecule has 19 heavy (non-hydrogen) atoms. The van der Waals surface area contributed by atoms with Crippen molar-refractivity contribution in [1.82, 2.24) is 15.3 Å². The van der Waals surface area contributed by atoms with Gasteiger partial charge in [-0.15, -0.1) is 22.7 Å². The van der Waals surface area contributed by atoms with Crippen LogP contribution in [0.15, 0.2) is 10.9 Å². The number of rotatable bonds is 4. The quantitative estimate of drug-likeness (QED) is 0.924. The second-order valence-electron chi connectivity index (χ2n) is 6.08. The molecular formula is C14H19N3S2. The summed E-state index contributed by atoms with van der Waals surface area (Å²) in [6.45, 7) is 7.52. The van der Waals surface area contributed by atoms with Gasteiger partial charge in [0.15, 0.2) is 0 Å². The fourth-order valence-electron chi connectivity index (χ4n) is 1.94. The van der Waals surface area contributed by atoms with E-state index in [2.05, 4.69) is 36.5 Å². The van der Waals surface area contributed by atoms with E-state index in [1.54, 1.807) is 22.7 Å². The Morgan fingerprint density at radius 1 is 1.37 bits per heavy atom. The van der Waals surface area contributed by atoms with Crippen molar-refractivity contribution in [2.45, 2.75) is 51.6 Å². The van der Waals surface area contributed by atoms with Gasteiger partial charge in [-0.05, 0) is 33.6 Å². The van der Waals surface area contributed by atoms with E-state index in [0.717, 1.165) is 17.2 Å². The molecular weight excluding hydrogens is 274 g/mol. The maximum absolute atomic E-state index is 4.84. The van der Waals surface area contributed by atoms with Crippen LogP contribution in [0, 0.1) is 0 Å². The summed E-state index contributed by atoms with van der Waals surface area (Å²) >= 11 is 3.43. The summed E-state index contributed by atoms with van der Waals surface area (Å²) in [4.78, 5) is 10.6. The zero-order chi connectivity index (χ0) is 13.5. The van der Waals surface area contributed by atoms with Crippen LogP contribution in [-0.4, -0.2) is 15.5 Å². The molecule has 1 fully saturated rings. The fraction of sp³-hybridized carbons (Fsp3) is 0.571. The van der Waals surface area contributed by atoms with Gasteiger partial charge in [-0.1, -0.05) is 0 Å². The molecule has 0 bridgehead atoms. The van der Waals surface area contributed by atoms with E-state index in [-0.39, 0.29) is 5.54 Å². The summed E-state index contributed by atoms with van der Waals surface area (Å²) in [5.74, 6) is 0.695. The molecule has 0 amide bonds. The van der Waals surface area contributed by atoms with Gasteiger partial charge in [0.25, 0.3) is 0 Å². The molecule has 3 nitrogen and oxygen atoms in total. The summed E-state index contributed by atoms with van der Waals surface area (Å²) in [6.07, 6.45) is 2.59. The van der Waals surface area contributed by atoms with Crippen molar-refractivity contribution in [3.63, 3.8) is 0 Å². The molecule has 1 aliphatic rings. The predicted molar refractivity (Wildman–Crippen MR) is 81.8 cm³/mol. The van der Waals surface area contributed by atoms with Crippen molar-refractivity contribution in [3.8, 4) is 10.7 Å². The van der Waals surface area contributed by atoms with Crippen molar-refractivity contribution in [2.24, 2.45) is 0 Å². The third kappa shape index (κ3) is 3.22. The van der Waals surface area contributed by atoms with E-state index in [4.69, 9.17) is 4.98 Å². The first-order valence-corrected chi connectivity index (χ1v) is 8.42. The number of nitrogens with zero attached hydrogens (tertiary/aromatic N) is 2. The van der Waals surface area contributed by atoms with Crippen LogP contribution < -0.4 is 5.32 Å². The predicted octanol–water partition coefficient (Wildman–Crippen LogP) is 4.03. The molecule has 1 aliphatic carbocycles. The average molecular weight is 293 g/mol. The Labute approximate surface area is 122 Å². The molecule has 0 saturated heterocycles. The van der Waals surface area contributed by atoms with E-state index in [1.807, 2.05) is 5.51 Å². The van der Waals surface area contributed by atoms with Crippen molar-refractivity contribution >= 4 is 22.7 Å². The van der Waals surface area contributed by atoms with E-state index in [9.17, 15) is 0 Å². The van der Waals surface area contributed by atoms with Crippen molar-refractivity contribution in [3.05, 3.63) is 21.5 Å². The highest BCUT2D eigenvalue weighted by molar-refractivity contribution is 7.15. The van der Waals surface area contributed by atoms with E-state index in [1.165, 1.54) is 23.4 Å². The second-order valence-corrected chi connectivity index (χ2v) is 7.88. The Kier molecular flexibility index (Phi) is 3.45. The molecule has 5 heteroatoms. The third-order valence-corrected chi connectivity index (χ3v) is 4.80. The highest BCUT2D eigenvalue weighted by Crippen LogP contribution is 2.44. The molecule has 3 rings (SSSR count). The van der Waals surface area contributed by atoms with Gasteiger partial charge in [0, 0.05) is 28.3 Å². The molecule has 0 radical (unpaired) electrons. The van der Waals surface area contributed by atoms with Crippen LogP contribution in [0.2, 0.25) is 0 Å². The molecule has 0 atom stereocenters. The van der Waals surface area contributed by atoms with Gasteiger partial charge in [0.05, 0.1) is 11.2 Å². The summed E-state index contributed by atoms with van der Waals surface area (Å²) in [7, 11) is 0. The normalized spacial score (nSPS) is 15.9. The third-order valence-electron chi connectivity index (χ3n) is 3.12. The fourth-order valence-corrected chi connectivity index (χ4v) is 3.61. The summed E-state index contributed by atoms with van der Waals surface area (Å²) < 4.78 is 0. The first-order chi connectivity index (χ1) is 9.03. The lowest BCUT2D eigenvalue weighted by Crippen LogP contribution is -2.35. The lowest BCUT2D eigenvalue weighted by atomic mass is 10.1. The van der Waals surface area contributed by atoms with E-state index < -0.39 is 0 Å². The SMILES string of the molecule is CC(C)(C)NCc1sc(-c2cscn2)nc1C1CC1. The van der Waals surface area contributed by atoms with Crippen LogP contribution in [0.25, 0.3) is 10.7 Å². The molecule has 2 aromatic rings. The van der Waals surface area contributed by atoms with Gasteiger partial charge in [-0.2, -0.15) is 0 Å². The van der Waals surface area contributed by atoms with Crippen LogP contribution >= 0.6 is 22.7 Å². The van der Waals surface area contributed by atoms with Gasteiger partial charge in [0.2, 0.25) is 0 Å². The largest absolute Gasteiger partial charge is 0.307 e. The summed E-state index contributed by atoms with van der Waals surface area (Å²) in [5, 5.41) is 6.73. The lowest BCUT2D eigenvalue weighted by molar-refractivity contribution is 0.425. The molecule has 0 aliphatic heterocycles. The van der Waals surface area contributed by atoms with E-state index >= 15 is 0 Å². The molecule has 0 unspecified atom stereocenters. The first kappa shape index (κ1) is 13.2. The smallest absolute Gasteiger partial charge is 0.143 e. The van der Waals surface area contributed by atoms with Gasteiger partial charge in [0.1, 0.15) is 10.7 Å². The van der Waals surface area contributed by atoms with Crippen molar-refractivity contribution in [2.75, 3.05) is 0 Å². The topological polar surface area (TPSA) is 37.8 Å². The minimum absolute atomic E-state index is 0.144. The Morgan fingerprint density at radius 2 is 2.16 bits per heavy atom. The zero-order valence-electron chi connectivity index (χ0n) is 11.6. The maximum Gasteiger partial charge on any atom is 0.143 e. The van der Waals surface area contributed by atoms with Crippen LogP contribution in [0.1, 0.15) is 50.1 Å². The van der Waals surface area contributed by atoms with Gasteiger partial charge in [-0.3, -0.25) is 0 Å². The Balaban J connectivity index is 1.85. The Hall–Kier alpha value is -0.780. The van der Waals surface area contributed by atoms with Crippen LogP contribution in [0.5, 0.6) is 0 Å². The lowest BCUT2D eigenvalue weighted by Gasteiger charge is -2.20. The monoisotopic (exact) mass is 293 g/mol. The molecule has 102 valence electrons. The standard InChI is InChI=1S/C14H19N3S2/c1-14(2,3)16-6-11-12(9-4-5-9)17-13(19-11)10-7-18-8-15-10/h7-9,16H,4-6H2,1-3H3. The Bertz CT molecular complexity index is 548. The van der Waals surface area contributed by atoms with Crippen LogP contribution in [0.3, 0.4) is 0 Å². The first-order valence-electron chi connectivity index (χ1n) is 6.66.